The molecule has 3 atom stereocenters. The van der Waals surface area contributed by atoms with Gasteiger partial charge in [-0.2, -0.15) is 0 Å². The summed E-state index contributed by atoms with van der Waals surface area (Å²) in [5, 5.41) is 0.594. The number of hydrogen-bond donors (Lipinski definition) is 0. The molecule has 3 heterocycles. The largest absolute Gasteiger partial charge is 0.343 e. The number of carbonyl (C=O) groups excluding carboxylic acids is 2. The number of amides is 2. The maximum absolute atomic E-state index is 13.0. The topological polar surface area (TPSA) is 49.9 Å². The van der Waals surface area contributed by atoms with Crippen LogP contribution >= 0.6 is 11.6 Å². The normalized spacial score (nSPS) is 29.1. The van der Waals surface area contributed by atoms with E-state index in [4.69, 9.17) is 16.3 Å². The molecule has 27 heavy (non-hydrogen) atoms. The van der Waals surface area contributed by atoms with E-state index in [-0.39, 0.29) is 24.0 Å². The van der Waals surface area contributed by atoms with Gasteiger partial charge in [0, 0.05) is 23.6 Å². The molecule has 6 heteroatoms. The molecule has 3 saturated heterocycles. The Labute approximate surface area is 162 Å². The van der Waals surface area contributed by atoms with Gasteiger partial charge in [-0.3, -0.25) is 9.59 Å². The first-order valence-electron chi connectivity index (χ1n) is 9.18. The van der Waals surface area contributed by atoms with Crippen molar-refractivity contribution >= 4 is 23.4 Å². The average molecular weight is 383 g/mol. The fourth-order valence-corrected chi connectivity index (χ4v) is 4.79. The third-order valence-electron chi connectivity index (χ3n) is 5.95. The summed E-state index contributed by atoms with van der Waals surface area (Å²) in [4.78, 5) is 29.4. The number of nitrogens with zero attached hydrogens (tertiary/aromatic N) is 2. The van der Waals surface area contributed by atoms with Crippen molar-refractivity contribution in [1.29, 1.82) is 0 Å². The summed E-state index contributed by atoms with van der Waals surface area (Å²) in [6, 6.07) is 16.6. The first-order chi connectivity index (χ1) is 13.1. The van der Waals surface area contributed by atoms with Gasteiger partial charge in [-0.25, -0.2) is 0 Å². The zero-order valence-electron chi connectivity index (χ0n) is 14.7. The summed E-state index contributed by atoms with van der Waals surface area (Å²) in [7, 11) is 0. The van der Waals surface area contributed by atoms with Gasteiger partial charge in [0.25, 0.3) is 5.91 Å². The quantitative estimate of drug-likeness (QED) is 0.801. The van der Waals surface area contributed by atoms with Gasteiger partial charge in [0.2, 0.25) is 5.91 Å². The van der Waals surface area contributed by atoms with E-state index >= 15 is 0 Å². The molecule has 0 aliphatic carbocycles. The van der Waals surface area contributed by atoms with Crippen LogP contribution in [-0.4, -0.2) is 46.5 Å². The van der Waals surface area contributed by atoms with Crippen molar-refractivity contribution in [2.75, 3.05) is 13.1 Å². The monoisotopic (exact) mass is 382 g/mol. The second-order valence-corrected chi connectivity index (χ2v) is 7.78. The Morgan fingerprint density at radius 2 is 1.85 bits per heavy atom. The molecule has 0 aromatic heterocycles. The molecule has 0 radical (unpaired) electrons. The SMILES string of the molecule is O=C(c1ccc(Cl)cc1)N1CC[C@@]23O[C@@H](c4ccccc4)CN2C(=O)C[C@@H]13. The first-order valence-corrected chi connectivity index (χ1v) is 9.56. The van der Waals surface area contributed by atoms with E-state index in [9.17, 15) is 9.59 Å². The Hall–Kier alpha value is -2.37. The molecule has 0 bridgehead atoms. The predicted octanol–water partition coefficient (Wildman–Crippen LogP) is 3.25. The van der Waals surface area contributed by atoms with Crippen molar-refractivity contribution < 1.29 is 14.3 Å². The minimum Gasteiger partial charge on any atom is -0.343 e. The lowest BCUT2D eigenvalue weighted by molar-refractivity contribution is -0.138. The number of likely N-dealkylation sites (tertiary alicyclic amines) is 1. The van der Waals surface area contributed by atoms with Crippen LogP contribution in [0.3, 0.4) is 0 Å². The van der Waals surface area contributed by atoms with E-state index in [2.05, 4.69) is 0 Å². The van der Waals surface area contributed by atoms with E-state index in [1.165, 1.54) is 0 Å². The Morgan fingerprint density at radius 1 is 1.11 bits per heavy atom. The van der Waals surface area contributed by atoms with Crippen molar-refractivity contribution in [3.8, 4) is 0 Å². The number of carbonyl (C=O) groups is 2. The van der Waals surface area contributed by atoms with Gasteiger partial charge in [0.1, 0.15) is 6.10 Å². The summed E-state index contributed by atoms with van der Waals surface area (Å²) in [5.41, 5.74) is 0.954. The molecule has 5 rings (SSSR count). The Kier molecular flexibility index (Phi) is 3.78. The Balaban J connectivity index is 1.44. The van der Waals surface area contributed by atoms with Crippen LogP contribution in [-0.2, 0) is 9.53 Å². The van der Waals surface area contributed by atoms with Gasteiger partial charge in [-0.15, -0.1) is 0 Å². The van der Waals surface area contributed by atoms with E-state index in [0.717, 1.165) is 5.56 Å². The Bertz CT molecular complexity index is 901. The number of halogens is 1. The van der Waals surface area contributed by atoms with E-state index < -0.39 is 5.72 Å². The number of rotatable bonds is 2. The van der Waals surface area contributed by atoms with Crippen molar-refractivity contribution in [2.24, 2.45) is 0 Å². The highest BCUT2D eigenvalue weighted by molar-refractivity contribution is 6.30. The minimum absolute atomic E-state index is 0.0621. The van der Waals surface area contributed by atoms with Crippen LogP contribution < -0.4 is 0 Å². The van der Waals surface area contributed by atoms with Crippen LogP contribution in [0.1, 0.15) is 34.9 Å². The van der Waals surface area contributed by atoms with Crippen LogP contribution in [0.5, 0.6) is 0 Å². The molecule has 0 unspecified atom stereocenters. The van der Waals surface area contributed by atoms with Gasteiger partial charge in [0.15, 0.2) is 5.72 Å². The summed E-state index contributed by atoms with van der Waals surface area (Å²) in [6.45, 7) is 1.12. The third-order valence-corrected chi connectivity index (χ3v) is 6.20. The minimum atomic E-state index is -0.695. The molecule has 2 amide bonds. The zero-order valence-corrected chi connectivity index (χ0v) is 15.4. The van der Waals surface area contributed by atoms with Crippen LogP contribution in [0, 0.1) is 0 Å². The van der Waals surface area contributed by atoms with Crippen molar-refractivity contribution in [3.05, 3.63) is 70.7 Å². The fraction of sp³-hybridized carbons (Fsp3) is 0.333. The van der Waals surface area contributed by atoms with Crippen LogP contribution in [0.15, 0.2) is 54.6 Å². The summed E-state index contributed by atoms with van der Waals surface area (Å²) in [5.74, 6) is -0.0120. The molecule has 3 aliphatic heterocycles. The standard InChI is InChI=1S/C21H19ClN2O3/c22-16-8-6-15(7-9-16)20(26)23-11-10-21-18(23)12-19(25)24(21)13-17(27-21)14-4-2-1-3-5-14/h1-9,17-18H,10-13H2/t17-,18-,21+/m1/s1. The second kappa shape index (κ2) is 6.08. The molecule has 0 N–H and O–H groups in total. The molecule has 5 nitrogen and oxygen atoms in total. The molecular weight excluding hydrogens is 364 g/mol. The van der Waals surface area contributed by atoms with Gasteiger partial charge < -0.3 is 14.5 Å². The van der Waals surface area contributed by atoms with Gasteiger partial charge in [-0.1, -0.05) is 41.9 Å². The smallest absolute Gasteiger partial charge is 0.254 e. The number of hydrogen-bond acceptors (Lipinski definition) is 3. The van der Waals surface area contributed by atoms with Crippen molar-refractivity contribution in [1.82, 2.24) is 9.80 Å². The lowest BCUT2D eigenvalue weighted by Gasteiger charge is -2.32. The number of ether oxygens (including phenoxy) is 1. The highest BCUT2D eigenvalue weighted by atomic mass is 35.5. The Morgan fingerprint density at radius 3 is 2.59 bits per heavy atom. The van der Waals surface area contributed by atoms with Gasteiger partial charge >= 0.3 is 0 Å². The maximum Gasteiger partial charge on any atom is 0.254 e. The van der Waals surface area contributed by atoms with E-state index in [0.29, 0.717) is 36.5 Å². The highest BCUT2D eigenvalue weighted by Crippen LogP contribution is 2.50. The fourth-order valence-electron chi connectivity index (χ4n) is 4.67. The molecule has 138 valence electrons. The summed E-state index contributed by atoms with van der Waals surface area (Å²) < 4.78 is 6.48. The predicted molar refractivity (Wildman–Crippen MR) is 100 cm³/mol. The van der Waals surface area contributed by atoms with Gasteiger partial charge in [0.05, 0.1) is 19.0 Å². The lowest BCUT2D eigenvalue weighted by Crippen LogP contribution is -2.48. The second-order valence-electron chi connectivity index (χ2n) is 7.34. The molecule has 2 aromatic carbocycles. The van der Waals surface area contributed by atoms with Crippen molar-refractivity contribution in [3.63, 3.8) is 0 Å². The van der Waals surface area contributed by atoms with Crippen molar-refractivity contribution in [2.45, 2.75) is 30.7 Å². The van der Waals surface area contributed by atoms with E-state index in [1.54, 1.807) is 29.2 Å². The van der Waals surface area contributed by atoms with Crippen LogP contribution in [0.4, 0.5) is 0 Å². The third kappa shape index (κ3) is 2.49. The summed E-state index contributed by atoms with van der Waals surface area (Å²) >= 11 is 5.93. The molecular formula is C21H19ClN2O3. The average Bonchev–Trinajstić information content (AvgIpc) is 3.31. The van der Waals surface area contributed by atoms with Crippen LogP contribution in [0.2, 0.25) is 5.02 Å². The molecule has 2 aromatic rings. The first kappa shape index (κ1) is 16.8. The van der Waals surface area contributed by atoms with Crippen LogP contribution in [0.25, 0.3) is 0 Å². The maximum atomic E-state index is 13.0. The zero-order chi connectivity index (χ0) is 18.6. The molecule has 0 saturated carbocycles. The molecule has 3 aliphatic rings. The van der Waals surface area contributed by atoms with Gasteiger partial charge in [-0.05, 0) is 29.8 Å². The molecule has 1 spiro atoms. The lowest BCUT2D eigenvalue weighted by atomic mass is 10.1. The summed E-state index contributed by atoms with van der Waals surface area (Å²) in [6.07, 6.45) is 0.816. The van der Waals surface area contributed by atoms with E-state index in [1.807, 2.05) is 35.2 Å². The molecule has 3 fully saturated rings. The highest BCUT2D eigenvalue weighted by Gasteiger charge is 2.64. The number of benzene rings is 2.